The van der Waals surface area contributed by atoms with Gasteiger partial charge in [0.25, 0.3) is 5.91 Å². The van der Waals surface area contributed by atoms with Gasteiger partial charge in [-0.1, -0.05) is 74.5 Å². The summed E-state index contributed by atoms with van der Waals surface area (Å²) in [5.74, 6) is -2.07. The number of halogens is 1. The van der Waals surface area contributed by atoms with Gasteiger partial charge in [0, 0.05) is 18.5 Å². The van der Waals surface area contributed by atoms with E-state index in [0.717, 1.165) is 25.7 Å². The van der Waals surface area contributed by atoms with Crippen molar-refractivity contribution < 1.29 is 29.0 Å². The van der Waals surface area contributed by atoms with Gasteiger partial charge in [-0.3, -0.25) is 14.4 Å². The van der Waals surface area contributed by atoms with Crippen LogP contribution in [0.25, 0.3) is 0 Å². The number of aryl methyl sites for hydroxylation is 1. The Morgan fingerprint density at radius 1 is 1.02 bits per heavy atom. The molecule has 11 heteroatoms. The topological polar surface area (TPSA) is 151 Å². The average Bonchev–Trinajstić information content (AvgIpc) is 2.91. The Kier molecular flexibility index (Phi) is 13.8. The molecule has 0 saturated carbocycles. The van der Waals surface area contributed by atoms with Gasteiger partial charge < -0.3 is 31.1 Å². The molecule has 0 aromatic heterocycles. The SMILES string of the molecule is CCCCCCCN(C(=O)C(CCC(N)=O)NC(=O)OC(C)(C)C)C(C(=O)Nc1c(C)cccc1Cl)c1ccccc1O. The van der Waals surface area contributed by atoms with Crippen LogP contribution in [0.1, 0.15) is 89.8 Å². The summed E-state index contributed by atoms with van der Waals surface area (Å²) in [6.07, 6.45) is 3.18. The third-order valence-electron chi connectivity index (χ3n) is 6.72. The molecular formula is C32H45ClN4O6. The molecule has 0 fully saturated rings. The average molecular weight is 617 g/mol. The Balaban J connectivity index is 2.59. The van der Waals surface area contributed by atoms with E-state index in [1.54, 1.807) is 64.1 Å². The summed E-state index contributed by atoms with van der Waals surface area (Å²) in [6.45, 7) is 9.08. The molecule has 0 aliphatic carbocycles. The first-order chi connectivity index (χ1) is 20.2. The van der Waals surface area contributed by atoms with Crippen LogP contribution in [0, 0.1) is 6.92 Å². The number of carbonyl (C=O) groups is 4. The molecule has 4 amide bonds. The number of alkyl carbamates (subject to hydrolysis) is 1. The van der Waals surface area contributed by atoms with Crippen LogP contribution in [0.5, 0.6) is 5.75 Å². The van der Waals surface area contributed by atoms with E-state index in [0.29, 0.717) is 22.7 Å². The van der Waals surface area contributed by atoms with Crippen molar-refractivity contribution in [2.45, 2.75) is 97.2 Å². The van der Waals surface area contributed by atoms with Gasteiger partial charge in [0.1, 0.15) is 23.4 Å². The first-order valence-corrected chi connectivity index (χ1v) is 15.0. The lowest BCUT2D eigenvalue weighted by molar-refractivity contribution is -0.141. The highest BCUT2D eigenvalue weighted by Crippen LogP contribution is 2.33. The van der Waals surface area contributed by atoms with E-state index in [9.17, 15) is 24.3 Å². The molecule has 2 aromatic rings. The Labute approximate surface area is 259 Å². The van der Waals surface area contributed by atoms with Crippen molar-refractivity contribution in [1.29, 1.82) is 0 Å². The fourth-order valence-electron chi connectivity index (χ4n) is 4.60. The van der Waals surface area contributed by atoms with Gasteiger partial charge in [-0.25, -0.2) is 4.79 Å². The molecule has 0 radical (unpaired) electrons. The second-order valence-electron chi connectivity index (χ2n) is 11.5. The van der Waals surface area contributed by atoms with Gasteiger partial charge in [0.15, 0.2) is 0 Å². The van der Waals surface area contributed by atoms with Gasteiger partial charge >= 0.3 is 6.09 Å². The van der Waals surface area contributed by atoms with E-state index < -0.39 is 41.5 Å². The molecule has 2 aromatic carbocycles. The lowest BCUT2D eigenvalue weighted by Gasteiger charge is -2.35. The number of anilines is 1. The van der Waals surface area contributed by atoms with E-state index in [1.807, 2.05) is 0 Å². The summed E-state index contributed by atoms with van der Waals surface area (Å²) in [5.41, 5.74) is 5.83. The summed E-state index contributed by atoms with van der Waals surface area (Å²) in [6, 6.07) is 8.92. The van der Waals surface area contributed by atoms with Crippen LogP contribution in [0.2, 0.25) is 5.02 Å². The number of primary amides is 1. The smallest absolute Gasteiger partial charge is 0.408 e. The van der Waals surface area contributed by atoms with Gasteiger partial charge in [0.05, 0.1) is 10.7 Å². The molecule has 2 atom stereocenters. The number of aromatic hydroxyl groups is 1. The summed E-state index contributed by atoms with van der Waals surface area (Å²) in [5, 5.41) is 16.6. The number of carbonyl (C=O) groups excluding carboxylic acids is 4. The highest BCUT2D eigenvalue weighted by molar-refractivity contribution is 6.34. The molecule has 0 aliphatic heterocycles. The van der Waals surface area contributed by atoms with Crippen LogP contribution in [0.3, 0.4) is 0 Å². The van der Waals surface area contributed by atoms with Gasteiger partial charge in [-0.2, -0.15) is 0 Å². The monoisotopic (exact) mass is 616 g/mol. The zero-order chi connectivity index (χ0) is 32.2. The van der Waals surface area contributed by atoms with Crippen LogP contribution >= 0.6 is 11.6 Å². The number of nitrogens with two attached hydrogens (primary N) is 1. The van der Waals surface area contributed by atoms with Crippen molar-refractivity contribution in [3.8, 4) is 5.75 Å². The quantitative estimate of drug-likeness (QED) is 0.180. The molecule has 10 nitrogen and oxygen atoms in total. The standard InChI is InChI=1S/C32H45ClN4O6/c1-6-7-8-9-12-20-37(30(41)24(18-19-26(34)39)35-31(42)43-32(3,4)5)28(22-15-10-11-17-25(22)38)29(40)36-27-21(2)14-13-16-23(27)33/h10-11,13-17,24,28,38H,6-9,12,18-20H2,1-5H3,(H2,34,39)(H,35,42)(H,36,40). The molecule has 2 unspecified atom stereocenters. The van der Waals surface area contributed by atoms with E-state index in [-0.39, 0.29) is 30.7 Å². The normalized spacial score (nSPS) is 12.6. The van der Waals surface area contributed by atoms with Crippen LogP contribution < -0.4 is 16.4 Å². The second kappa shape index (κ2) is 16.7. The fourth-order valence-corrected chi connectivity index (χ4v) is 4.87. The van der Waals surface area contributed by atoms with Gasteiger partial charge in [-0.05, 0) is 58.2 Å². The molecule has 0 heterocycles. The minimum Gasteiger partial charge on any atom is -0.508 e. The Hall–Kier alpha value is -3.79. The fraction of sp³-hybridized carbons (Fsp3) is 0.500. The number of phenols is 1. The van der Waals surface area contributed by atoms with Crippen molar-refractivity contribution in [3.05, 3.63) is 58.6 Å². The number of rotatable bonds is 15. The highest BCUT2D eigenvalue weighted by atomic mass is 35.5. The first-order valence-electron chi connectivity index (χ1n) is 14.7. The maximum absolute atomic E-state index is 14.3. The third-order valence-corrected chi connectivity index (χ3v) is 7.03. The van der Waals surface area contributed by atoms with Gasteiger partial charge in [0.2, 0.25) is 11.8 Å². The maximum atomic E-state index is 14.3. The Morgan fingerprint density at radius 2 is 1.70 bits per heavy atom. The van der Waals surface area contributed by atoms with Crippen molar-refractivity contribution in [2.75, 3.05) is 11.9 Å². The number of hydrogen-bond acceptors (Lipinski definition) is 6. The first kappa shape index (κ1) is 35.4. The summed E-state index contributed by atoms with van der Waals surface area (Å²) >= 11 is 6.41. The van der Waals surface area contributed by atoms with Crippen LogP contribution in [0.4, 0.5) is 10.5 Å². The highest BCUT2D eigenvalue weighted by Gasteiger charge is 2.37. The van der Waals surface area contributed by atoms with Crippen LogP contribution in [-0.4, -0.2) is 52.0 Å². The zero-order valence-electron chi connectivity index (χ0n) is 25.7. The van der Waals surface area contributed by atoms with E-state index in [2.05, 4.69) is 17.6 Å². The number of amides is 4. The predicted octanol–water partition coefficient (Wildman–Crippen LogP) is 5.99. The molecule has 0 saturated heterocycles. The minimum absolute atomic E-state index is 0.113. The number of benzene rings is 2. The van der Waals surface area contributed by atoms with Gasteiger partial charge in [-0.15, -0.1) is 0 Å². The number of nitrogens with zero attached hydrogens (tertiary/aromatic N) is 1. The Morgan fingerprint density at radius 3 is 2.30 bits per heavy atom. The summed E-state index contributed by atoms with van der Waals surface area (Å²) < 4.78 is 5.38. The number of ether oxygens (including phenoxy) is 1. The number of hydrogen-bond donors (Lipinski definition) is 4. The molecule has 0 spiro atoms. The predicted molar refractivity (Wildman–Crippen MR) is 168 cm³/mol. The molecule has 0 bridgehead atoms. The van der Waals surface area contributed by atoms with E-state index in [4.69, 9.17) is 22.1 Å². The third kappa shape index (κ3) is 11.4. The lowest BCUT2D eigenvalue weighted by Crippen LogP contribution is -2.53. The van der Waals surface area contributed by atoms with E-state index >= 15 is 0 Å². The summed E-state index contributed by atoms with van der Waals surface area (Å²) in [4.78, 5) is 54.2. The van der Waals surface area contributed by atoms with Crippen LogP contribution in [-0.2, 0) is 19.1 Å². The van der Waals surface area contributed by atoms with E-state index in [1.165, 1.54) is 11.0 Å². The lowest BCUT2D eigenvalue weighted by atomic mass is 9.99. The maximum Gasteiger partial charge on any atom is 0.408 e. The Bertz CT molecular complexity index is 1240. The summed E-state index contributed by atoms with van der Waals surface area (Å²) in [7, 11) is 0. The molecular weight excluding hydrogens is 572 g/mol. The number of unbranched alkanes of at least 4 members (excludes halogenated alkanes) is 4. The molecule has 2 rings (SSSR count). The number of para-hydroxylation sites is 2. The van der Waals surface area contributed by atoms with Crippen molar-refractivity contribution in [1.82, 2.24) is 10.2 Å². The minimum atomic E-state index is -1.30. The number of phenolic OH excluding ortho intramolecular Hbond substituents is 1. The molecule has 43 heavy (non-hydrogen) atoms. The second-order valence-corrected chi connectivity index (χ2v) is 11.9. The zero-order valence-corrected chi connectivity index (χ0v) is 26.5. The number of nitrogens with one attached hydrogen (secondary N) is 2. The van der Waals surface area contributed by atoms with Crippen molar-refractivity contribution in [3.63, 3.8) is 0 Å². The van der Waals surface area contributed by atoms with Crippen molar-refractivity contribution >= 4 is 41.1 Å². The van der Waals surface area contributed by atoms with Crippen molar-refractivity contribution in [2.24, 2.45) is 5.73 Å². The molecule has 5 N–H and O–H groups in total. The largest absolute Gasteiger partial charge is 0.508 e. The molecule has 236 valence electrons. The van der Waals surface area contributed by atoms with Crippen LogP contribution in [0.15, 0.2) is 42.5 Å². The molecule has 0 aliphatic rings.